The van der Waals surface area contributed by atoms with Crippen LogP contribution in [0.25, 0.3) is 0 Å². The third-order valence-corrected chi connectivity index (χ3v) is 2.64. The molecule has 2 nitrogen and oxygen atoms in total. The molecule has 0 N–H and O–H groups in total. The molecule has 1 rings (SSSR count). The molecule has 0 radical (unpaired) electrons. The van der Waals surface area contributed by atoms with Gasteiger partial charge in [-0.05, 0) is 18.8 Å². The summed E-state index contributed by atoms with van der Waals surface area (Å²) in [5.74, 6) is 0. The molecule has 3 unspecified atom stereocenters. The second kappa shape index (κ2) is 3.97. The molecule has 1 saturated heterocycles. The predicted molar refractivity (Wildman–Crippen MR) is 53.6 cm³/mol. The quantitative estimate of drug-likeness (QED) is 0.627. The maximum Gasteiger partial charge on any atom is 0.155 e. The minimum Gasteiger partial charge on any atom is -0.350 e. The number of hydrogen-bond donors (Lipinski definition) is 0. The molecule has 0 saturated carbocycles. The van der Waals surface area contributed by atoms with Gasteiger partial charge in [-0.25, -0.2) is 0 Å². The lowest BCUT2D eigenvalue weighted by atomic mass is 9.85. The van der Waals surface area contributed by atoms with E-state index in [1.54, 1.807) is 0 Å². The Bertz CT molecular complexity index is 160. The summed E-state index contributed by atoms with van der Waals surface area (Å²) in [5, 5.41) is 0. The summed E-state index contributed by atoms with van der Waals surface area (Å²) in [4.78, 5) is 0. The van der Waals surface area contributed by atoms with Crippen LogP contribution in [0.2, 0.25) is 0 Å². The smallest absolute Gasteiger partial charge is 0.155 e. The van der Waals surface area contributed by atoms with Crippen LogP contribution in [0.5, 0.6) is 0 Å². The average molecular weight is 186 g/mol. The van der Waals surface area contributed by atoms with E-state index in [4.69, 9.17) is 9.47 Å². The van der Waals surface area contributed by atoms with Gasteiger partial charge in [0.25, 0.3) is 0 Å². The van der Waals surface area contributed by atoms with Crippen LogP contribution < -0.4 is 0 Å². The monoisotopic (exact) mass is 186 g/mol. The SMILES string of the molecule is CCC1CC(C(C)(C)C)OC(C)O1. The van der Waals surface area contributed by atoms with E-state index in [2.05, 4.69) is 27.7 Å². The lowest BCUT2D eigenvalue weighted by molar-refractivity contribution is -0.253. The molecule has 1 aliphatic rings. The fraction of sp³-hybridized carbons (Fsp3) is 1.00. The lowest BCUT2D eigenvalue weighted by Crippen LogP contribution is -2.42. The number of ether oxygens (including phenoxy) is 2. The third-order valence-electron chi connectivity index (χ3n) is 2.64. The summed E-state index contributed by atoms with van der Waals surface area (Å²) in [5.41, 5.74) is 0.228. The Morgan fingerprint density at radius 3 is 2.31 bits per heavy atom. The third kappa shape index (κ3) is 2.96. The fourth-order valence-electron chi connectivity index (χ4n) is 1.70. The van der Waals surface area contributed by atoms with E-state index in [9.17, 15) is 0 Å². The molecular weight excluding hydrogens is 164 g/mol. The van der Waals surface area contributed by atoms with E-state index in [1.165, 1.54) is 0 Å². The Morgan fingerprint density at radius 2 is 1.85 bits per heavy atom. The topological polar surface area (TPSA) is 18.5 Å². The van der Waals surface area contributed by atoms with E-state index in [-0.39, 0.29) is 11.7 Å². The van der Waals surface area contributed by atoms with Crippen LogP contribution in [-0.4, -0.2) is 18.5 Å². The first-order valence-corrected chi connectivity index (χ1v) is 5.24. The molecule has 1 aliphatic heterocycles. The molecule has 0 aromatic heterocycles. The van der Waals surface area contributed by atoms with E-state index in [0.29, 0.717) is 12.2 Å². The van der Waals surface area contributed by atoms with Crippen molar-refractivity contribution in [2.24, 2.45) is 5.41 Å². The van der Waals surface area contributed by atoms with E-state index in [1.807, 2.05) is 6.92 Å². The fourth-order valence-corrected chi connectivity index (χ4v) is 1.70. The zero-order valence-corrected chi connectivity index (χ0v) is 9.46. The van der Waals surface area contributed by atoms with E-state index >= 15 is 0 Å². The largest absolute Gasteiger partial charge is 0.350 e. The predicted octanol–water partition coefficient (Wildman–Crippen LogP) is 2.96. The standard InChI is InChI=1S/C11H22O2/c1-6-9-7-10(11(3,4)5)13-8(2)12-9/h8-10H,6-7H2,1-5H3. The van der Waals surface area contributed by atoms with Crippen molar-refractivity contribution in [1.82, 2.24) is 0 Å². The van der Waals surface area contributed by atoms with Crippen LogP contribution in [0.1, 0.15) is 47.5 Å². The molecule has 0 aromatic rings. The van der Waals surface area contributed by atoms with Crippen LogP contribution >= 0.6 is 0 Å². The van der Waals surface area contributed by atoms with Crippen molar-refractivity contribution in [3.8, 4) is 0 Å². The molecule has 1 heterocycles. The molecule has 0 aromatic carbocycles. The van der Waals surface area contributed by atoms with Gasteiger partial charge in [-0.2, -0.15) is 0 Å². The van der Waals surface area contributed by atoms with Gasteiger partial charge in [-0.3, -0.25) is 0 Å². The second-order valence-corrected chi connectivity index (χ2v) is 4.96. The van der Waals surface area contributed by atoms with Crippen molar-refractivity contribution in [3.05, 3.63) is 0 Å². The minimum atomic E-state index is -0.0390. The number of rotatable bonds is 1. The molecule has 0 spiro atoms. The second-order valence-electron chi connectivity index (χ2n) is 4.96. The molecule has 1 fully saturated rings. The number of hydrogen-bond acceptors (Lipinski definition) is 2. The highest BCUT2D eigenvalue weighted by atomic mass is 16.7. The molecule has 78 valence electrons. The van der Waals surface area contributed by atoms with Crippen LogP contribution in [0.4, 0.5) is 0 Å². The molecule has 3 atom stereocenters. The van der Waals surface area contributed by atoms with Crippen molar-refractivity contribution in [2.45, 2.75) is 66.0 Å². The molecule has 0 aliphatic carbocycles. The van der Waals surface area contributed by atoms with Gasteiger partial charge in [0.15, 0.2) is 6.29 Å². The Hall–Kier alpha value is -0.0800. The van der Waals surface area contributed by atoms with Crippen molar-refractivity contribution in [3.63, 3.8) is 0 Å². The first-order chi connectivity index (χ1) is 5.93. The molecule has 0 amide bonds. The summed E-state index contributed by atoms with van der Waals surface area (Å²) in [7, 11) is 0. The highest BCUT2D eigenvalue weighted by Gasteiger charge is 2.34. The van der Waals surface area contributed by atoms with Crippen molar-refractivity contribution >= 4 is 0 Å². The summed E-state index contributed by atoms with van der Waals surface area (Å²) < 4.78 is 11.4. The van der Waals surface area contributed by atoms with Crippen LogP contribution in [0.3, 0.4) is 0 Å². The Morgan fingerprint density at radius 1 is 1.23 bits per heavy atom. The first kappa shape index (κ1) is 11.0. The van der Waals surface area contributed by atoms with Crippen LogP contribution in [-0.2, 0) is 9.47 Å². The van der Waals surface area contributed by atoms with Gasteiger partial charge >= 0.3 is 0 Å². The zero-order valence-electron chi connectivity index (χ0n) is 9.46. The zero-order chi connectivity index (χ0) is 10.1. The van der Waals surface area contributed by atoms with Crippen molar-refractivity contribution in [1.29, 1.82) is 0 Å². The normalized spacial score (nSPS) is 36.2. The van der Waals surface area contributed by atoms with Gasteiger partial charge in [0.1, 0.15) is 0 Å². The maximum absolute atomic E-state index is 5.76. The summed E-state index contributed by atoms with van der Waals surface area (Å²) in [6, 6.07) is 0. The highest BCUT2D eigenvalue weighted by molar-refractivity contribution is 4.80. The summed E-state index contributed by atoms with van der Waals surface area (Å²) in [6.45, 7) is 10.8. The molecular formula is C11H22O2. The Balaban J connectivity index is 2.57. The average Bonchev–Trinajstić information content (AvgIpc) is 2.01. The van der Waals surface area contributed by atoms with Gasteiger partial charge < -0.3 is 9.47 Å². The van der Waals surface area contributed by atoms with Crippen molar-refractivity contribution in [2.75, 3.05) is 0 Å². The van der Waals surface area contributed by atoms with E-state index < -0.39 is 0 Å². The summed E-state index contributed by atoms with van der Waals surface area (Å²) in [6.07, 6.45) is 2.79. The summed E-state index contributed by atoms with van der Waals surface area (Å²) >= 11 is 0. The molecule has 0 bridgehead atoms. The molecule has 2 heteroatoms. The van der Waals surface area contributed by atoms with Crippen LogP contribution in [0.15, 0.2) is 0 Å². The lowest BCUT2D eigenvalue weighted by Gasteiger charge is -2.40. The Kier molecular flexibility index (Phi) is 3.36. The van der Waals surface area contributed by atoms with Crippen LogP contribution in [0, 0.1) is 5.41 Å². The first-order valence-electron chi connectivity index (χ1n) is 5.24. The van der Waals surface area contributed by atoms with Gasteiger partial charge in [0, 0.05) is 6.42 Å². The van der Waals surface area contributed by atoms with Gasteiger partial charge in [0.2, 0.25) is 0 Å². The van der Waals surface area contributed by atoms with Gasteiger partial charge in [-0.15, -0.1) is 0 Å². The highest BCUT2D eigenvalue weighted by Crippen LogP contribution is 2.32. The minimum absolute atomic E-state index is 0.0390. The van der Waals surface area contributed by atoms with Gasteiger partial charge in [0.05, 0.1) is 12.2 Å². The maximum atomic E-state index is 5.76. The van der Waals surface area contributed by atoms with Crippen molar-refractivity contribution < 1.29 is 9.47 Å². The molecule has 13 heavy (non-hydrogen) atoms. The Labute approximate surface area is 81.6 Å². The van der Waals surface area contributed by atoms with Gasteiger partial charge in [-0.1, -0.05) is 27.7 Å². The van der Waals surface area contributed by atoms with E-state index in [0.717, 1.165) is 12.8 Å².